The van der Waals surface area contributed by atoms with Gasteiger partial charge in [-0.25, -0.2) is 14.7 Å². The highest BCUT2D eigenvalue weighted by Crippen LogP contribution is 2.37. The van der Waals surface area contributed by atoms with Crippen LogP contribution in [0.4, 0.5) is 9.59 Å². The highest BCUT2D eigenvalue weighted by Gasteiger charge is 2.46. The summed E-state index contributed by atoms with van der Waals surface area (Å²) in [6.45, 7) is 6.71. The number of nitrogens with zero attached hydrogens (tertiary/aromatic N) is 5. The van der Waals surface area contributed by atoms with Crippen molar-refractivity contribution in [3.05, 3.63) is 11.8 Å². The van der Waals surface area contributed by atoms with Crippen molar-refractivity contribution in [2.75, 3.05) is 13.1 Å². The summed E-state index contributed by atoms with van der Waals surface area (Å²) in [6, 6.07) is -0.634. The fourth-order valence-corrected chi connectivity index (χ4v) is 4.95. The summed E-state index contributed by atoms with van der Waals surface area (Å²) in [4.78, 5) is 28.5. The van der Waals surface area contributed by atoms with Crippen molar-refractivity contribution >= 4 is 12.1 Å². The topological polar surface area (TPSA) is 112 Å². The van der Waals surface area contributed by atoms with E-state index in [4.69, 9.17) is 9.15 Å². The van der Waals surface area contributed by atoms with E-state index in [0.717, 1.165) is 30.7 Å². The first-order valence-corrected chi connectivity index (χ1v) is 11.8. The molecule has 1 N–H and O–H groups in total. The summed E-state index contributed by atoms with van der Waals surface area (Å²) in [5.41, 5.74) is -0.526. The van der Waals surface area contributed by atoms with Crippen LogP contribution >= 0.6 is 0 Å². The molecule has 4 rings (SSSR count). The smallest absolute Gasteiger partial charge is 0.410 e. The number of hydroxylamine groups is 2. The molecular weight excluding hydrogens is 414 g/mol. The average molecular weight is 450 g/mol. The Morgan fingerprint density at radius 2 is 1.94 bits per heavy atom. The first-order chi connectivity index (χ1) is 15.2. The van der Waals surface area contributed by atoms with Crippen LogP contribution in [0.1, 0.15) is 90.0 Å². The SMILES string of the molecule is CC(C)(C)OC(=O)N(CCCc1nnc([C@@H]2CC[C@@H]3CN2C(=O)N3O)o1)C1CCCCC1. The number of ether oxygens (including phenoxy) is 1. The number of amides is 3. The molecule has 10 nitrogen and oxygen atoms in total. The molecule has 3 amide bonds. The number of hydrogen-bond acceptors (Lipinski definition) is 7. The van der Waals surface area contributed by atoms with Gasteiger partial charge < -0.3 is 19.0 Å². The second kappa shape index (κ2) is 9.25. The molecule has 2 aliphatic heterocycles. The molecule has 1 saturated carbocycles. The third-order valence-electron chi connectivity index (χ3n) is 6.55. The number of hydrogen-bond donors (Lipinski definition) is 1. The minimum absolute atomic E-state index is 0.153. The first kappa shape index (κ1) is 22.8. The Balaban J connectivity index is 1.35. The third-order valence-corrected chi connectivity index (χ3v) is 6.55. The zero-order valence-electron chi connectivity index (χ0n) is 19.3. The van der Waals surface area contributed by atoms with Crippen molar-refractivity contribution < 1.29 is 24.0 Å². The van der Waals surface area contributed by atoms with Gasteiger partial charge in [-0.2, -0.15) is 0 Å². The Morgan fingerprint density at radius 1 is 1.19 bits per heavy atom. The molecular formula is C22H35N5O5. The van der Waals surface area contributed by atoms with Crippen molar-refractivity contribution in [2.45, 2.75) is 102 Å². The molecule has 1 aromatic rings. The molecule has 0 unspecified atom stereocenters. The number of carbonyl (C=O) groups is 2. The van der Waals surface area contributed by atoms with Gasteiger partial charge in [-0.15, -0.1) is 10.2 Å². The van der Waals surface area contributed by atoms with Gasteiger partial charge in [-0.1, -0.05) is 19.3 Å². The van der Waals surface area contributed by atoms with Crippen LogP contribution in [-0.2, 0) is 11.2 Å². The van der Waals surface area contributed by atoms with Gasteiger partial charge in [-0.3, -0.25) is 5.21 Å². The summed E-state index contributed by atoms with van der Waals surface area (Å²) in [6.07, 6.45) is 7.89. The van der Waals surface area contributed by atoms with E-state index in [2.05, 4.69) is 10.2 Å². The molecule has 32 heavy (non-hydrogen) atoms. The Labute approximate surface area is 188 Å². The van der Waals surface area contributed by atoms with Crippen LogP contribution in [0, 0.1) is 0 Å². The predicted molar refractivity (Wildman–Crippen MR) is 114 cm³/mol. The van der Waals surface area contributed by atoms with Crippen LogP contribution in [0.15, 0.2) is 4.42 Å². The van der Waals surface area contributed by atoms with Crippen molar-refractivity contribution in [3.63, 3.8) is 0 Å². The molecule has 0 aromatic carbocycles. The summed E-state index contributed by atoms with van der Waals surface area (Å²) in [5, 5.41) is 19.0. The van der Waals surface area contributed by atoms with Gasteiger partial charge in [-0.05, 0) is 52.9 Å². The monoisotopic (exact) mass is 449 g/mol. The van der Waals surface area contributed by atoms with Crippen molar-refractivity contribution in [1.82, 2.24) is 25.1 Å². The molecule has 2 atom stereocenters. The number of rotatable bonds is 6. The van der Waals surface area contributed by atoms with E-state index in [1.807, 2.05) is 25.7 Å². The number of carbonyl (C=O) groups excluding carboxylic acids is 2. The molecule has 0 radical (unpaired) electrons. The zero-order valence-corrected chi connectivity index (χ0v) is 19.3. The number of aryl methyl sites for hydroxylation is 1. The second-order valence-electron chi connectivity index (χ2n) is 10.1. The number of aromatic nitrogens is 2. The Morgan fingerprint density at radius 3 is 2.66 bits per heavy atom. The molecule has 2 saturated heterocycles. The fourth-order valence-electron chi connectivity index (χ4n) is 4.95. The van der Waals surface area contributed by atoms with E-state index in [9.17, 15) is 14.8 Å². The standard InChI is InChI=1S/C22H35N5O5/c1-22(2,3)32-21(29)25(15-8-5-4-6-9-15)13-7-10-18-23-24-19(31-18)17-12-11-16-14-26(17)20(28)27(16)30/h15-17,30H,4-14H2,1-3H3/t16-,17+/m1/s1. The van der Waals surface area contributed by atoms with Crippen molar-refractivity contribution in [2.24, 2.45) is 0 Å². The molecule has 2 bridgehead atoms. The molecule has 178 valence electrons. The number of piperidine rings is 1. The highest BCUT2D eigenvalue weighted by atomic mass is 16.6. The van der Waals surface area contributed by atoms with Gasteiger partial charge >= 0.3 is 12.1 Å². The highest BCUT2D eigenvalue weighted by molar-refractivity contribution is 5.76. The van der Waals surface area contributed by atoms with Crippen molar-refractivity contribution in [1.29, 1.82) is 0 Å². The first-order valence-electron chi connectivity index (χ1n) is 11.8. The molecule has 3 heterocycles. The van der Waals surface area contributed by atoms with E-state index in [1.54, 1.807) is 4.90 Å². The van der Waals surface area contributed by atoms with Gasteiger partial charge in [0.05, 0.1) is 6.04 Å². The molecule has 3 aliphatic rings. The lowest BCUT2D eigenvalue weighted by Crippen LogP contribution is -2.44. The maximum absolute atomic E-state index is 12.8. The molecule has 0 spiro atoms. The van der Waals surface area contributed by atoms with Crippen LogP contribution in [0.2, 0.25) is 0 Å². The van der Waals surface area contributed by atoms with Crippen LogP contribution in [-0.4, -0.2) is 73.2 Å². The lowest BCUT2D eigenvalue weighted by molar-refractivity contribution is -0.0584. The van der Waals surface area contributed by atoms with Gasteiger partial charge in [0, 0.05) is 25.6 Å². The Bertz CT molecular complexity index is 816. The predicted octanol–water partition coefficient (Wildman–Crippen LogP) is 3.90. The van der Waals surface area contributed by atoms with Crippen LogP contribution in [0.3, 0.4) is 0 Å². The van der Waals surface area contributed by atoms with E-state index >= 15 is 0 Å². The minimum atomic E-state index is -0.526. The number of urea groups is 1. The van der Waals surface area contributed by atoms with Crippen LogP contribution in [0.5, 0.6) is 0 Å². The van der Waals surface area contributed by atoms with E-state index < -0.39 is 11.6 Å². The van der Waals surface area contributed by atoms with E-state index in [1.165, 1.54) is 6.42 Å². The lowest BCUT2D eigenvalue weighted by Gasteiger charge is -2.35. The second-order valence-corrected chi connectivity index (χ2v) is 10.1. The Kier molecular flexibility index (Phi) is 6.60. The lowest BCUT2D eigenvalue weighted by atomic mass is 9.94. The van der Waals surface area contributed by atoms with Gasteiger partial charge in [0.2, 0.25) is 11.8 Å². The maximum Gasteiger partial charge on any atom is 0.410 e. The van der Waals surface area contributed by atoms with Gasteiger partial charge in [0.1, 0.15) is 11.6 Å². The molecule has 3 fully saturated rings. The summed E-state index contributed by atoms with van der Waals surface area (Å²) in [7, 11) is 0. The summed E-state index contributed by atoms with van der Waals surface area (Å²) < 4.78 is 11.5. The van der Waals surface area contributed by atoms with E-state index in [-0.39, 0.29) is 24.2 Å². The molecule has 1 aliphatic carbocycles. The quantitative estimate of drug-likeness (QED) is 0.655. The Hall–Kier alpha value is -2.36. The summed E-state index contributed by atoms with van der Waals surface area (Å²) >= 11 is 0. The fraction of sp³-hybridized carbons (Fsp3) is 0.818. The van der Waals surface area contributed by atoms with Gasteiger partial charge in [0.15, 0.2) is 0 Å². The summed E-state index contributed by atoms with van der Waals surface area (Å²) in [5.74, 6) is 0.917. The van der Waals surface area contributed by atoms with E-state index in [0.29, 0.717) is 50.6 Å². The van der Waals surface area contributed by atoms with Crippen molar-refractivity contribution in [3.8, 4) is 0 Å². The normalized spacial score (nSPS) is 24.2. The van der Waals surface area contributed by atoms with Crippen LogP contribution in [0.25, 0.3) is 0 Å². The maximum atomic E-state index is 12.8. The average Bonchev–Trinajstić information content (AvgIpc) is 3.30. The third kappa shape index (κ3) is 5.00. The minimum Gasteiger partial charge on any atom is -0.444 e. The largest absolute Gasteiger partial charge is 0.444 e. The molecule has 1 aromatic heterocycles. The van der Waals surface area contributed by atoms with Gasteiger partial charge in [0.25, 0.3) is 0 Å². The zero-order chi connectivity index (χ0) is 22.9. The molecule has 10 heteroatoms. The number of fused-ring (bicyclic) bond motifs is 2. The van der Waals surface area contributed by atoms with Crippen LogP contribution < -0.4 is 0 Å².